The molecule has 13 heavy (non-hydrogen) atoms. The molecule has 2 radical (unpaired) electrons. The van der Waals surface area contributed by atoms with Crippen LogP contribution >= 0.6 is 12.2 Å². The molecule has 0 aromatic heterocycles. The summed E-state index contributed by atoms with van der Waals surface area (Å²) < 4.78 is 0. The monoisotopic (exact) mass is 193 g/mol. The van der Waals surface area contributed by atoms with Crippen LogP contribution in [0.15, 0.2) is 0 Å². The van der Waals surface area contributed by atoms with Crippen LogP contribution in [0.5, 0.6) is 0 Å². The molecule has 0 bridgehead atoms. The zero-order valence-electron chi connectivity index (χ0n) is 8.20. The van der Waals surface area contributed by atoms with Crippen molar-refractivity contribution in [2.24, 2.45) is 5.92 Å². The number of fused-ring (bicyclic) bond motifs is 1. The topological polar surface area (TPSA) is 3.24 Å². The third-order valence-electron chi connectivity index (χ3n) is 3.66. The summed E-state index contributed by atoms with van der Waals surface area (Å²) in [5, 5.41) is 0. The minimum absolute atomic E-state index is 0.421. The molecule has 2 fully saturated rings. The third kappa shape index (κ3) is 1.63. The summed E-state index contributed by atoms with van der Waals surface area (Å²) in [6.45, 7) is 0. The van der Waals surface area contributed by atoms with Gasteiger partial charge in [-0.2, -0.15) is 0 Å². The van der Waals surface area contributed by atoms with Crippen LogP contribution in [0, 0.1) is 5.92 Å². The smallest absolute Gasteiger partial charge is 0.0779 e. The molecule has 2 rings (SSSR count). The van der Waals surface area contributed by atoms with Crippen LogP contribution in [0.1, 0.15) is 32.1 Å². The van der Waals surface area contributed by atoms with E-state index in [0.717, 1.165) is 11.4 Å². The molecular formula is C10H16BNS. The van der Waals surface area contributed by atoms with E-state index in [0.29, 0.717) is 17.8 Å². The molecular weight excluding hydrogens is 177 g/mol. The Morgan fingerprint density at radius 3 is 2.92 bits per heavy atom. The lowest BCUT2D eigenvalue weighted by Gasteiger charge is -2.46. The Bertz CT molecular complexity index is 219. The molecule has 0 amide bonds. The maximum Gasteiger partial charge on any atom is 0.0779 e. The Kier molecular flexibility index (Phi) is 2.64. The van der Waals surface area contributed by atoms with Gasteiger partial charge in [-0.15, -0.1) is 0 Å². The maximum absolute atomic E-state index is 6.13. The highest BCUT2D eigenvalue weighted by Crippen LogP contribution is 2.40. The molecule has 1 heterocycles. The number of likely N-dealkylation sites (tertiary alicyclic amines) is 1. The maximum atomic E-state index is 6.13. The van der Waals surface area contributed by atoms with Gasteiger partial charge in [0, 0.05) is 13.1 Å². The van der Waals surface area contributed by atoms with Crippen LogP contribution in [-0.4, -0.2) is 30.8 Å². The fraction of sp³-hybridized carbons (Fsp3) is 0.900. The van der Waals surface area contributed by atoms with E-state index < -0.39 is 0 Å². The molecule has 1 aliphatic carbocycles. The highest BCUT2D eigenvalue weighted by Gasteiger charge is 2.36. The second-order valence-corrected chi connectivity index (χ2v) is 4.84. The van der Waals surface area contributed by atoms with Crippen LogP contribution in [0.4, 0.5) is 0 Å². The molecule has 3 heteroatoms. The van der Waals surface area contributed by atoms with Gasteiger partial charge in [-0.3, -0.25) is 0 Å². The fourth-order valence-corrected chi connectivity index (χ4v) is 3.07. The third-order valence-corrected chi connectivity index (χ3v) is 4.16. The van der Waals surface area contributed by atoms with Gasteiger partial charge in [0.05, 0.1) is 12.8 Å². The van der Waals surface area contributed by atoms with E-state index in [9.17, 15) is 0 Å². The van der Waals surface area contributed by atoms with Crippen molar-refractivity contribution in [1.82, 2.24) is 4.90 Å². The van der Waals surface area contributed by atoms with E-state index >= 15 is 0 Å². The Labute approximate surface area is 87.3 Å². The van der Waals surface area contributed by atoms with Crippen molar-refractivity contribution < 1.29 is 0 Å². The van der Waals surface area contributed by atoms with Gasteiger partial charge in [0.1, 0.15) is 0 Å². The minimum atomic E-state index is 0.421. The highest BCUT2D eigenvalue weighted by molar-refractivity contribution is 7.80. The van der Waals surface area contributed by atoms with Crippen molar-refractivity contribution in [2.45, 2.75) is 44.0 Å². The van der Waals surface area contributed by atoms with E-state index in [4.69, 9.17) is 20.1 Å². The number of piperidine rings is 1. The Morgan fingerprint density at radius 2 is 2.15 bits per heavy atom. The Hall–Kier alpha value is -0.0451. The van der Waals surface area contributed by atoms with E-state index in [1.807, 2.05) is 0 Å². The first-order valence-electron chi connectivity index (χ1n) is 5.21. The van der Waals surface area contributed by atoms with E-state index in [2.05, 4.69) is 11.9 Å². The number of hydrogen-bond acceptors (Lipinski definition) is 1. The van der Waals surface area contributed by atoms with Gasteiger partial charge in [-0.25, -0.2) is 0 Å². The second-order valence-electron chi connectivity index (χ2n) is 4.37. The van der Waals surface area contributed by atoms with E-state index in [1.165, 1.54) is 25.7 Å². The number of rotatable bonds is 0. The van der Waals surface area contributed by atoms with Crippen molar-refractivity contribution in [1.29, 1.82) is 0 Å². The molecule has 1 nitrogen and oxygen atoms in total. The van der Waals surface area contributed by atoms with Gasteiger partial charge in [0.15, 0.2) is 0 Å². The number of nitrogens with zero attached hydrogens (tertiary/aromatic N) is 1. The predicted molar refractivity (Wildman–Crippen MR) is 60.2 cm³/mol. The van der Waals surface area contributed by atoms with Crippen molar-refractivity contribution in [3.05, 3.63) is 0 Å². The van der Waals surface area contributed by atoms with Crippen molar-refractivity contribution in [2.75, 3.05) is 7.05 Å². The predicted octanol–water partition coefficient (Wildman–Crippen LogP) is 2.17. The molecule has 3 atom stereocenters. The molecule has 1 saturated carbocycles. The summed E-state index contributed by atoms with van der Waals surface area (Å²) in [6.07, 6.45) is 6.06. The van der Waals surface area contributed by atoms with Crippen LogP contribution in [-0.2, 0) is 0 Å². The molecule has 0 spiro atoms. The summed E-state index contributed by atoms with van der Waals surface area (Å²) in [4.78, 5) is 3.43. The number of thiocarbonyl (C=S) groups is 1. The first kappa shape index (κ1) is 9.51. The van der Waals surface area contributed by atoms with Crippen molar-refractivity contribution >= 4 is 25.1 Å². The second kappa shape index (κ2) is 3.60. The minimum Gasteiger partial charge on any atom is -0.366 e. The zero-order valence-corrected chi connectivity index (χ0v) is 9.02. The van der Waals surface area contributed by atoms with E-state index in [-0.39, 0.29) is 0 Å². The Balaban J connectivity index is 2.12. The lowest BCUT2D eigenvalue weighted by molar-refractivity contribution is 0.164. The van der Waals surface area contributed by atoms with Crippen LogP contribution in [0.25, 0.3) is 0 Å². The largest absolute Gasteiger partial charge is 0.366 e. The Morgan fingerprint density at radius 1 is 1.38 bits per heavy atom. The molecule has 1 aliphatic heterocycles. The first-order valence-corrected chi connectivity index (χ1v) is 5.62. The standard InChI is InChI=1S/C10H16BNS/c1-12-9-4-2-3-8(11)7(9)5-6-10(12)13/h7-9H,2-6H2,1H3. The van der Waals surface area contributed by atoms with Crippen LogP contribution in [0.3, 0.4) is 0 Å². The SMILES string of the molecule is [B]C1CCCC2C1CCC(=S)N2C. The fourth-order valence-electron chi connectivity index (χ4n) is 2.81. The van der Waals surface area contributed by atoms with Gasteiger partial charge in [-0.1, -0.05) is 30.9 Å². The van der Waals surface area contributed by atoms with Crippen LogP contribution < -0.4 is 0 Å². The molecule has 70 valence electrons. The normalized spacial score (nSPS) is 40.2. The van der Waals surface area contributed by atoms with Gasteiger partial charge in [-0.05, 0) is 25.2 Å². The number of hydrogen-bond donors (Lipinski definition) is 0. The lowest BCUT2D eigenvalue weighted by Crippen LogP contribution is -2.48. The van der Waals surface area contributed by atoms with Gasteiger partial charge >= 0.3 is 0 Å². The summed E-state index contributed by atoms with van der Waals surface area (Å²) in [7, 11) is 8.26. The summed E-state index contributed by atoms with van der Waals surface area (Å²) in [5.41, 5.74) is 0. The first-order chi connectivity index (χ1) is 6.20. The lowest BCUT2D eigenvalue weighted by atomic mass is 9.63. The van der Waals surface area contributed by atoms with Gasteiger partial charge < -0.3 is 4.90 Å². The molecule has 3 unspecified atom stereocenters. The molecule has 0 N–H and O–H groups in total. The molecule has 0 aromatic rings. The van der Waals surface area contributed by atoms with Crippen LogP contribution in [0.2, 0.25) is 5.82 Å². The highest BCUT2D eigenvalue weighted by atomic mass is 32.1. The zero-order chi connectivity index (χ0) is 9.42. The van der Waals surface area contributed by atoms with E-state index in [1.54, 1.807) is 0 Å². The molecule has 2 aliphatic rings. The summed E-state index contributed by atoms with van der Waals surface area (Å²) in [5.74, 6) is 1.12. The molecule has 0 aromatic carbocycles. The van der Waals surface area contributed by atoms with Crippen molar-refractivity contribution in [3.8, 4) is 0 Å². The summed E-state index contributed by atoms with van der Waals surface area (Å²) >= 11 is 5.32. The molecule has 1 saturated heterocycles. The average molecular weight is 193 g/mol. The van der Waals surface area contributed by atoms with Crippen molar-refractivity contribution in [3.63, 3.8) is 0 Å². The quantitative estimate of drug-likeness (QED) is 0.428. The van der Waals surface area contributed by atoms with Gasteiger partial charge in [0.2, 0.25) is 0 Å². The summed E-state index contributed by atoms with van der Waals surface area (Å²) in [6, 6.07) is 0.644. The average Bonchev–Trinajstić information content (AvgIpc) is 2.12. The van der Waals surface area contributed by atoms with Gasteiger partial charge in [0.25, 0.3) is 0 Å².